The van der Waals surface area contributed by atoms with Gasteiger partial charge in [-0.2, -0.15) is 0 Å². The SMILES string of the molecule is CC(C)[Si](c1nc2cccc([C@H](O)C[C@H]3CCCCN3C(=O)OC(C)(C)C)c2s1)(C(C)C)C(C)C. The molecular weight excluding hydrogens is 472 g/mol. The summed E-state index contributed by atoms with van der Waals surface area (Å²) in [6, 6.07) is 6.12. The highest BCUT2D eigenvalue weighted by molar-refractivity contribution is 7.31. The highest BCUT2D eigenvalue weighted by Gasteiger charge is 2.47. The van der Waals surface area contributed by atoms with E-state index in [1.807, 2.05) is 37.8 Å². The lowest BCUT2D eigenvalue weighted by molar-refractivity contribution is 0.00246. The summed E-state index contributed by atoms with van der Waals surface area (Å²) in [5.74, 6) is 0. The van der Waals surface area contributed by atoms with Crippen molar-refractivity contribution in [1.82, 2.24) is 9.88 Å². The third-order valence-corrected chi connectivity index (χ3v) is 16.7. The van der Waals surface area contributed by atoms with E-state index in [0.29, 0.717) is 29.6 Å². The minimum Gasteiger partial charge on any atom is -0.444 e. The summed E-state index contributed by atoms with van der Waals surface area (Å²) < 4.78 is 8.09. The number of carbonyl (C=O) groups is 1. The minimum absolute atomic E-state index is 0.0216. The molecule has 7 heteroatoms. The Kier molecular flexibility index (Phi) is 8.76. The van der Waals surface area contributed by atoms with Crippen LogP contribution in [0, 0.1) is 0 Å². The monoisotopic (exact) mass is 518 g/mol. The van der Waals surface area contributed by atoms with Crippen LogP contribution in [0.2, 0.25) is 16.6 Å². The number of aromatic nitrogens is 1. The van der Waals surface area contributed by atoms with Crippen molar-refractivity contribution in [3.05, 3.63) is 23.8 Å². The molecule has 1 aromatic carbocycles. The maximum Gasteiger partial charge on any atom is 0.410 e. The molecule has 0 radical (unpaired) electrons. The Labute approximate surface area is 217 Å². The molecule has 0 spiro atoms. The van der Waals surface area contributed by atoms with Gasteiger partial charge in [-0.3, -0.25) is 0 Å². The quantitative estimate of drug-likeness (QED) is 0.388. The van der Waals surface area contributed by atoms with Crippen LogP contribution in [-0.2, 0) is 4.74 Å². The van der Waals surface area contributed by atoms with E-state index in [1.54, 1.807) is 11.3 Å². The molecule has 5 nitrogen and oxygen atoms in total. The Morgan fingerprint density at radius 3 is 2.34 bits per heavy atom. The summed E-state index contributed by atoms with van der Waals surface area (Å²) in [5, 5.41) is 11.5. The molecule has 2 aromatic rings. The number of nitrogens with zero attached hydrogens (tertiary/aromatic N) is 2. The van der Waals surface area contributed by atoms with Crippen LogP contribution >= 0.6 is 11.3 Å². The molecule has 1 fully saturated rings. The van der Waals surface area contributed by atoms with E-state index in [-0.39, 0.29) is 12.1 Å². The predicted molar refractivity (Wildman–Crippen MR) is 150 cm³/mol. The highest BCUT2D eigenvalue weighted by atomic mass is 32.1. The van der Waals surface area contributed by atoms with E-state index in [0.717, 1.165) is 35.0 Å². The first-order chi connectivity index (χ1) is 16.3. The van der Waals surface area contributed by atoms with Crippen molar-refractivity contribution in [1.29, 1.82) is 0 Å². The van der Waals surface area contributed by atoms with Crippen molar-refractivity contribution >= 4 is 40.4 Å². The van der Waals surface area contributed by atoms with Crippen LogP contribution in [-0.4, -0.2) is 47.3 Å². The first-order valence-electron chi connectivity index (χ1n) is 13.4. The number of hydrogen-bond acceptors (Lipinski definition) is 5. The van der Waals surface area contributed by atoms with Crippen LogP contribution in [0.4, 0.5) is 4.79 Å². The van der Waals surface area contributed by atoms with Gasteiger partial charge < -0.3 is 14.7 Å². The Bertz CT molecular complexity index is 990. The number of thiazole rings is 1. The van der Waals surface area contributed by atoms with Crippen molar-refractivity contribution in [3.8, 4) is 0 Å². The molecular formula is C28H46N2O3SSi. The number of amides is 1. The van der Waals surface area contributed by atoms with Crippen LogP contribution in [0.1, 0.15) is 99.7 Å². The normalized spacial score (nSPS) is 18.7. The van der Waals surface area contributed by atoms with Crippen LogP contribution in [0.5, 0.6) is 0 Å². The van der Waals surface area contributed by atoms with Crippen molar-refractivity contribution in [3.63, 3.8) is 0 Å². The maximum atomic E-state index is 12.9. The van der Waals surface area contributed by atoms with E-state index < -0.39 is 19.8 Å². The van der Waals surface area contributed by atoms with Gasteiger partial charge in [0, 0.05) is 12.6 Å². The molecule has 0 saturated carbocycles. The van der Waals surface area contributed by atoms with E-state index >= 15 is 0 Å². The third-order valence-electron chi connectivity index (χ3n) is 7.79. The molecule has 1 aliphatic heterocycles. The molecule has 1 saturated heterocycles. The molecule has 0 unspecified atom stereocenters. The second-order valence-electron chi connectivity index (χ2n) is 12.2. The van der Waals surface area contributed by atoms with E-state index in [2.05, 4.69) is 47.6 Å². The molecule has 1 N–H and O–H groups in total. The number of carbonyl (C=O) groups excluding carboxylic acids is 1. The smallest absolute Gasteiger partial charge is 0.410 e. The third kappa shape index (κ3) is 5.77. The standard InChI is InChI=1S/C28H46N2O3SSi/c1-18(2)35(19(3)4,20(5)6)26-29-23-15-12-14-22(25(23)34-26)24(31)17-21-13-10-11-16-30(21)27(32)33-28(7,8)9/h12,14-15,18-21,24,31H,10-11,13,16-17H2,1-9H3/t21-,24-/m1/s1. The number of hydrogen-bond donors (Lipinski definition) is 1. The van der Waals surface area contributed by atoms with Gasteiger partial charge in [0.25, 0.3) is 0 Å². The van der Waals surface area contributed by atoms with Gasteiger partial charge in [-0.05, 0) is 74.7 Å². The largest absolute Gasteiger partial charge is 0.444 e. The van der Waals surface area contributed by atoms with Crippen molar-refractivity contribution in [2.75, 3.05) is 6.54 Å². The predicted octanol–water partition coefficient (Wildman–Crippen LogP) is 7.40. The summed E-state index contributed by atoms with van der Waals surface area (Å²) in [7, 11) is -1.88. The molecule has 0 aliphatic carbocycles. The molecule has 35 heavy (non-hydrogen) atoms. The number of piperidine rings is 1. The fourth-order valence-electron chi connectivity index (χ4n) is 6.35. The number of aliphatic hydroxyl groups excluding tert-OH is 1. The molecule has 2 atom stereocenters. The molecule has 196 valence electrons. The molecule has 2 heterocycles. The average molecular weight is 519 g/mol. The van der Waals surface area contributed by atoms with E-state index in [9.17, 15) is 9.90 Å². The summed E-state index contributed by atoms with van der Waals surface area (Å²) >= 11 is 1.81. The van der Waals surface area contributed by atoms with Gasteiger partial charge in [-0.1, -0.05) is 53.7 Å². The van der Waals surface area contributed by atoms with Crippen molar-refractivity contribution in [2.24, 2.45) is 0 Å². The minimum atomic E-state index is -1.88. The topological polar surface area (TPSA) is 62.7 Å². The van der Waals surface area contributed by atoms with Gasteiger partial charge in [0.2, 0.25) is 0 Å². The summed E-state index contributed by atoms with van der Waals surface area (Å²) in [6.45, 7) is 20.6. The van der Waals surface area contributed by atoms with Gasteiger partial charge >= 0.3 is 6.09 Å². The van der Waals surface area contributed by atoms with Crippen molar-refractivity contribution in [2.45, 2.75) is 122 Å². The lowest BCUT2D eigenvalue weighted by Crippen LogP contribution is -2.55. The maximum absolute atomic E-state index is 12.9. The van der Waals surface area contributed by atoms with Crippen LogP contribution < -0.4 is 4.63 Å². The summed E-state index contributed by atoms with van der Waals surface area (Å²) in [5.41, 5.74) is 3.17. The van der Waals surface area contributed by atoms with Gasteiger partial charge in [0.1, 0.15) is 13.7 Å². The number of fused-ring (bicyclic) bond motifs is 1. The van der Waals surface area contributed by atoms with E-state index in [1.165, 1.54) is 4.63 Å². The zero-order chi connectivity index (χ0) is 26.1. The lowest BCUT2D eigenvalue weighted by Gasteiger charge is -2.41. The van der Waals surface area contributed by atoms with Gasteiger partial charge in [-0.15, -0.1) is 11.3 Å². The summed E-state index contributed by atoms with van der Waals surface area (Å²) in [6.07, 6.45) is 2.54. The zero-order valence-corrected chi connectivity index (χ0v) is 25.0. The Morgan fingerprint density at radius 2 is 1.77 bits per heavy atom. The number of rotatable bonds is 7. The average Bonchev–Trinajstić information content (AvgIpc) is 3.16. The highest BCUT2D eigenvalue weighted by Crippen LogP contribution is 2.43. The zero-order valence-electron chi connectivity index (χ0n) is 23.2. The first-order valence-corrected chi connectivity index (χ1v) is 16.4. The van der Waals surface area contributed by atoms with Crippen LogP contribution in [0.15, 0.2) is 18.2 Å². The second kappa shape index (κ2) is 10.9. The van der Waals surface area contributed by atoms with Gasteiger partial charge in [0.05, 0.1) is 21.0 Å². The molecule has 1 amide bonds. The lowest BCUT2D eigenvalue weighted by atomic mass is 9.94. The number of benzene rings is 1. The van der Waals surface area contributed by atoms with Crippen LogP contribution in [0.3, 0.4) is 0 Å². The Hall–Kier alpha value is -1.44. The fourth-order valence-corrected chi connectivity index (χ4v) is 16.2. The fraction of sp³-hybridized carbons (Fsp3) is 0.714. The van der Waals surface area contributed by atoms with Crippen LogP contribution in [0.25, 0.3) is 10.2 Å². The molecule has 1 aliphatic rings. The number of ether oxygens (including phenoxy) is 1. The van der Waals surface area contributed by atoms with Gasteiger partial charge in [-0.25, -0.2) is 9.78 Å². The van der Waals surface area contributed by atoms with Crippen molar-refractivity contribution < 1.29 is 14.6 Å². The first kappa shape index (κ1) is 28.1. The molecule has 3 rings (SSSR count). The van der Waals surface area contributed by atoms with E-state index in [4.69, 9.17) is 9.72 Å². The second-order valence-corrected chi connectivity index (χ2v) is 19.4. The number of aliphatic hydroxyl groups is 1. The Balaban J connectivity index is 1.94. The summed E-state index contributed by atoms with van der Waals surface area (Å²) in [4.78, 5) is 19.9. The Morgan fingerprint density at radius 1 is 1.14 bits per heavy atom. The number of likely N-dealkylation sites (tertiary alicyclic amines) is 1. The van der Waals surface area contributed by atoms with Gasteiger partial charge in [0.15, 0.2) is 0 Å². The molecule has 1 aromatic heterocycles. The molecule has 0 bridgehead atoms.